The SMILES string of the molecule is CCOc1ccc(Br)cc1C(=O)CC(C)C. The lowest BCUT2D eigenvalue weighted by Crippen LogP contribution is -2.06. The van der Waals surface area contributed by atoms with Crippen LogP contribution in [-0.4, -0.2) is 12.4 Å². The molecule has 16 heavy (non-hydrogen) atoms. The van der Waals surface area contributed by atoms with Gasteiger partial charge in [-0.15, -0.1) is 0 Å². The molecule has 0 N–H and O–H groups in total. The number of halogens is 1. The third-order valence-corrected chi connectivity index (χ3v) is 2.63. The molecule has 1 aromatic rings. The number of Topliss-reactive ketones (excluding diaryl/α,β-unsaturated/α-hetero) is 1. The summed E-state index contributed by atoms with van der Waals surface area (Å²) in [6.07, 6.45) is 0.552. The Hall–Kier alpha value is -0.830. The van der Waals surface area contributed by atoms with Crippen LogP contribution in [0.15, 0.2) is 22.7 Å². The number of carbonyl (C=O) groups excluding carboxylic acids is 1. The third kappa shape index (κ3) is 3.63. The minimum atomic E-state index is 0.139. The summed E-state index contributed by atoms with van der Waals surface area (Å²) in [6.45, 7) is 6.56. The maximum atomic E-state index is 12.0. The molecule has 1 aromatic carbocycles. The van der Waals surface area contributed by atoms with Gasteiger partial charge in [-0.2, -0.15) is 0 Å². The Bertz CT molecular complexity index is 372. The second kappa shape index (κ2) is 6.04. The first-order chi connectivity index (χ1) is 7.54. The number of hydrogen-bond donors (Lipinski definition) is 0. The van der Waals surface area contributed by atoms with Gasteiger partial charge in [0, 0.05) is 10.9 Å². The lowest BCUT2D eigenvalue weighted by molar-refractivity contribution is 0.0964. The fraction of sp³-hybridized carbons (Fsp3) is 0.462. The minimum absolute atomic E-state index is 0.139. The summed E-state index contributed by atoms with van der Waals surface area (Å²) in [6, 6.07) is 5.55. The highest BCUT2D eigenvalue weighted by molar-refractivity contribution is 9.10. The molecule has 0 fully saturated rings. The van der Waals surface area contributed by atoms with Crippen LogP contribution in [0.3, 0.4) is 0 Å². The predicted molar refractivity (Wildman–Crippen MR) is 69.1 cm³/mol. The van der Waals surface area contributed by atoms with Gasteiger partial charge in [0.15, 0.2) is 5.78 Å². The van der Waals surface area contributed by atoms with Crippen molar-refractivity contribution < 1.29 is 9.53 Å². The summed E-state index contributed by atoms with van der Waals surface area (Å²) in [7, 11) is 0. The average molecular weight is 285 g/mol. The topological polar surface area (TPSA) is 26.3 Å². The smallest absolute Gasteiger partial charge is 0.166 e. The van der Waals surface area contributed by atoms with Gasteiger partial charge in [-0.05, 0) is 31.0 Å². The van der Waals surface area contributed by atoms with Crippen LogP contribution in [0.4, 0.5) is 0 Å². The molecule has 0 aliphatic heterocycles. The zero-order chi connectivity index (χ0) is 12.1. The van der Waals surface area contributed by atoms with E-state index in [1.165, 1.54) is 0 Å². The number of benzene rings is 1. The number of hydrogen-bond acceptors (Lipinski definition) is 2. The fourth-order valence-corrected chi connectivity index (χ4v) is 1.84. The molecule has 0 saturated heterocycles. The quantitative estimate of drug-likeness (QED) is 0.762. The molecular weight excluding hydrogens is 268 g/mol. The molecular formula is C13H17BrO2. The van der Waals surface area contributed by atoms with E-state index in [1.807, 2.05) is 39.0 Å². The van der Waals surface area contributed by atoms with E-state index in [2.05, 4.69) is 15.9 Å². The summed E-state index contributed by atoms with van der Waals surface area (Å²) in [5.41, 5.74) is 0.671. The monoisotopic (exact) mass is 284 g/mol. The number of ketones is 1. The standard InChI is InChI=1S/C13H17BrO2/c1-4-16-13-6-5-10(14)8-11(13)12(15)7-9(2)3/h5-6,8-9H,4,7H2,1-3H3. The molecule has 0 bridgehead atoms. The number of ether oxygens (including phenoxy) is 1. The Labute approximate surface area is 105 Å². The maximum Gasteiger partial charge on any atom is 0.166 e. The molecule has 0 radical (unpaired) electrons. The van der Waals surface area contributed by atoms with E-state index in [0.29, 0.717) is 30.3 Å². The van der Waals surface area contributed by atoms with E-state index in [1.54, 1.807) is 0 Å². The van der Waals surface area contributed by atoms with Crippen molar-refractivity contribution >= 4 is 21.7 Å². The fourth-order valence-electron chi connectivity index (χ4n) is 1.48. The molecule has 0 saturated carbocycles. The van der Waals surface area contributed by atoms with E-state index in [4.69, 9.17) is 4.74 Å². The van der Waals surface area contributed by atoms with E-state index in [9.17, 15) is 4.79 Å². The van der Waals surface area contributed by atoms with Crippen molar-refractivity contribution in [2.45, 2.75) is 27.2 Å². The summed E-state index contributed by atoms with van der Waals surface area (Å²) >= 11 is 3.37. The summed E-state index contributed by atoms with van der Waals surface area (Å²) < 4.78 is 6.36. The van der Waals surface area contributed by atoms with Crippen LogP contribution in [-0.2, 0) is 0 Å². The largest absolute Gasteiger partial charge is 0.493 e. The molecule has 1 rings (SSSR count). The molecule has 0 aromatic heterocycles. The molecule has 88 valence electrons. The lowest BCUT2D eigenvalue weighted by atomic mass is 10.0. The first-order valence-electron chi connectivity index (χ1n) is 5.50. The minimum Gasteiger partial charge on any atom is -0.493 e. The first kappa shape index (κ1) is 13.2. The number of carbonyl (C=O) groups is 1. The van der Waals surface area contributed by atoms with Gasteiger partial charge in [0.05, 0.1) is 12.2 Å². The molecule has 0 aliphatic carbocycles. The van der Waals surface area contributed by atoms with Gasteiger partial charge in [0.25, 0.3) is 0 Å². The zero-order valence-corrected chi connectivity index (χ0v) is 11.5. The van der Waals surface area contributed by atoms with Crippen molar-refractivity contribution in [3.63, 3.8) is 0 Å². The molecule has 3 heteroatoms. The molecule has 0 heterocycles. The number of rotatable bonds is 5. The highest BCUT2D eigenvalue weighted by Gasteiger charge is 2.14. The second-order valence-electron chi connectivity index (χ2n) is 4.09. The van der Waals surface area contributed by atoms with Gasteiger partial charge in [-0.1, -0.05) is 29.8 Å². The highest BCUT2D eigenvalue weighted by atomic mass is 79.9. The van der Waals surface area contributed by atoms with Crippen LogP contribution >= 0.6 is 15.9 Å². The van der Waals surface area contributed by atoms with Crippen LogP contribution in [0, 0.1) is 5.92 Å². The summed E-state index contributed by atoms with van der Waals surface area (Å²) in [4.78, 5) is 12.0. The molecule has 0 spiro atoms. The Kier molecular flexibility index (Phi) is 5.00. The second-order valence-corrected chi connectivity index (χ2v) is 5.01. The van der Waals surface area contributed by atoms with Gasteiger partial charge in [-0.3, -0.25) is 4.79 Å². The van der Waals surface area contributed by atoms with Gasteiger partial charge in [-0.25, -0.2) is 0 Å². The van der Waals surface area contributed by atoms with Crippen molar-refractivity contribution in [3.8, 4) is 5.75 Å². The Morgan fingerprint density at radius 2 is 2.12 bits per heavy atom. The zero-order valence-electron chi connectivity index (χ0n) is 9.92. The Balaban J connectivity index is 2.99. The molecule has 0 amide bonds. The molecule has 2 nitrogen and oxygen atoms in total. The lowest BCUT2D eigenvalue weighted by Gasteiger charge is -2.10. The predicted octanol–water partition coefficient (Wildman–Crippen LogP) is 4.08. The summed E-state index contributed by atoms with van der Waals surface area (Å²) in [5, 5.41) is 0. The molecule has 0 aliphatic rings. The van der Waals surface area contributed by atoms with E-state index >= 15 is 0 Å². The highest BCUT2D eigenvalue weighted by Crippen LogP contribution is 2.25. The average Bonchev–Trinajstić information content (AvgIpc) is 2.20. The first-order valence-corrected chi connectivity index (χ1v) is 6.29. The Morgan fingerprint density at radius 1 is 1.44 bits per heavy atom. The van der Waals surface area contributed by atoms with Crippen molar-refractivity contribution in [3.05, 3.63) is 28.2 Å². The van der Waals surface area contributed by atoms with E-state index in [-0.39, 0.29) is 5.78 Å². The Morgan fingerprint density at radius 3 is 2.69 bits per heavy atom. The van der Waals surface area contributed by atoms with Crippen LogP contribution in [0.2, 0.25) is 0 Å². The molecule has 0 unspecified atom stereocenters. The van der Waals surface area contributed by atoms with Gasteiger partial charge in [0.1, 0.15) is 5.75 Å². The van der Waals surface area contributed by atoms with Crippen molar-refractivity contribution in [1.29, 1.82) is 0 Å². The van der Waals surface area contributed by atoms with Crippen LogP contribution < -0.4 is 4.74 Å². The van der Waals surface area contributed by atoms with Gasteiger partial charge in [0.2, 0.25) is 0 Å². The molecule has 0 atom stereocenters. The van der Waals surface area contributed by atoms with Crippen LogP contribution in [0.1, 0.15) is 37.6 Å². The van der Waals surface area contributed by atoms with Crippen LogP contribution in [0.5, 0.6) is 5.75 Å². The van der Waals surface area contributed by atoms with Crippen molar-refractivity contribution in [2.24, 2.45) is 5.92 Å². The van der Waals surface area contributed by atoms with E-state index < -0.39 is 0 Å². The van der Waals surface area contributed by atoms with Crippen LogP contribution in [0.25, 0.3) is 0 Å². The van der Waals surface area contributed by atoms with Crippen molar-refractivity contribution in [2.75, 3.05) is 6.61 Å². The maximum absolute atomic E-state index is 12.0. The third-order valence-electron chi connectivity index (χ3n) is 2.14. The van der Waals surface area contributed by atoms with Gasteiger partial charge < -0.3 is 4.74 Å². The van der Waals surface area contributed by atoms with E-state index in [0.717, 1.165) is 4.47 Å². The summed E-state index contributed by atoms with van der Waals surface area (Å²) in [5.74, 6) is 1.18. The van der Waals surface area contributed by atoms with Crippen molar-refractivity contribution in [1.82, 2.24) is 0 Å². The normalized spacial score (nSPS) is 10.6. The van der Waals surface area contributed by atoms with Gasteiger partial charge >= 0.3 is 0 Å².